The fourth-order valence-electron chi connectivity index (χ4n) is 3.56. The summed E-state index contributed by atoms with van der Waals surface area (Å²) in [7, 11) is 0. The van der Waals surface area contributed by atoms with Gasteiger partial charge in [0.2, 0.25) is 0 Å². The molecular formula is C25H27N5OS. The number of carbonyl (C=O) groups excluding carboxylic acids is 1. The number of amides is 1. The molecule has 0 bridgehead atoms. The van der Waals surface area contributed by atoms with Crippen molar-refractivity contribution in [3.05, 3.63) is 81.5 Å². The van der Waals surface area contributed by atoms with Gasteiger partial charge in [0.1, 0.15) is 15.6 Å². The molecule has 0 saturated carbocycles. The van der Waals surface area contributed by atoms with Gasteiger partial charge in [-0.1, -0.05) is 48.5 Å². The van der Waals surface area contributed by atoms with Crippen LogP contribution in [-0.4, -0.2) is 32.4 Å². The van der Waals surface area contributed by atoms with E-state index in [0.717, 1.165) is 11.4 Å². The van der Waals surface area contributed by atoms with Crippen molar-refractivity contribution >= 4 is 17.2 Å². The van der Waals surface area contributed by atoms with Crippen molar-refractivity contribution in [2.24, 2.45) is 0 Å². The second kappa shape index (κ2) is 9.04. The molecule has 0 aliphatic rings. The van der Waals surface area contributed by atoms with E-state index in [9.17, 15) is 4.79 Å². The third-order valence-corrected chi connectivity index (χ3v) is 6.94. The lowest BCUT2D eigenvalue weighted by Crippen LogP contribution is -2.27. The number of nitrogens with zero attached hydrogens (tertiary/aromatic N) is 4. The van der Waals surface area contributed by atoms with Gasteiger partial charge in [-0.25, -0.2) is 9.67 Å². The van der Waals surface area contributed by atoms with Crippen LogP contribution in [0, 0.1) is 27.7 Å². The summed E-state index contributed by atoms with van der Waals surface area (Å²) in [5.41, 5.74) is 6.90. The molecule has 2 aromatic carbocycles. The zero-order chi connectivity index (χ0) is 22.8. The van der Waals surface area contributed by atoms with Crippen LogP contribution < -0.4 is 5.32 Å². The van der Waals surface area contributed by atoms with E-state index in [4.69, 9.17) is 0 Å². The Hall–Kier alpha value is -3.32. The highest BCUT2D eigenvalue weighted by Gasteiger charge is 2.21. The van der Waals surface area contributed by atoms with Crippen LogP contribution >= 0.6 is 11.3 Å². The SMILES string of the molecule is Cc1ccc(-n2nnc(-c3nc(C)c(C(=O)NC[C@@H](C)c4ccccc4)s3)c2C)cc1C. The third-order valence-electron chi connectivity index (χ3n) is 5.77. The van der Waals surface area contributed by atoms with Crippen LogP contribution in [0.2, 0.25) is 0 Å². The van der Waals surface area contributed by atoms with Crippen LogP contribution in [0.1, 0.15) is 50.6 Å². The van der Waals surface area contributed by atoms with Gasteiger partial charge in [-0.05, 0) is 62.4 Å². The molecule has 1 atom stereocenters. The van der Waals surface area contributed by atoms with Crippen molar-refractivity contribution in [2.75, 3.05) is 6.54 Å². The first-order valence-electron chi connectivity index (χ1n) is 10.7. The number of nitrogens with one attached hydrogen (secondary N) is 1. The molecule has 6 nitrogen and oxygen atoms in total. The normalized spacial score (nSPS) is 12.0. The van der Waals surface area contributed by atoms with Gasteiger partial charge < -0.3 is 5.32 Å². The molecule has 0 unspecified atom stereocenters. The van der Waals surface area contributed by atoms with E-state index in [1.165, 1.54) is 28.0 Å². The number of thiazole rings is 1. The second-order valence-electron chi connectivity index (χ2n) is 8.16. The monoisotopic (exact) mass is 445 g/mol. The summed E-state index contributed by atoms with van der Waals surface area (Å²) in [5, 5.41) is 12.5. The molecule has 0 radical (unpaired) electrons. The number of benzene rings is 2. The van der Waals surface area contributed by atoms with Crippen molar-refractivity contribution in [1.82, 2.24) is 25.3 Å². The lowest BCUT2D eigenvalue weighted by molar-refractivity contribution is 0.0955. The van der Waals surface area contributed by atoms with Gasteiger partial charge in [0.15, 0.2) is 0 Å². The lowest BCUT2D eigenvalue weighted by Gasteiger charge is -2.12. The third kappa shape index (κ3) is 4.34. The Balaban J connectivity index is 1.53. The van der Waals surface area contributed by atoms with Crippen LogP contribution in [0.25, 0.3) is 16.4 Å². The Labute approximate surface area is 192 Å². The van der Waals surface area contributed by atoms with E-state index in [0.29, 0.717) is 27.8 Å². The number of rotatable bonds is 6. The lowest BCUT2D eigenvalue weighted by atomic mass is 10.0. The Kier molecular flexibility index (Phi) is 6.19. The van der Waals surface area contributed by atoms with Crippen molar-refractivity contribution in [1.29, 1.82) is 0 Å². The van der Waals surface area contributed by atoms with E-state index in [1.54, 1.807) is 0 Å². The molecular weight excluding hydrogens is 418 g/mol. The van der Waals surface area contributed by atoms with Gasteiger partial charge in [-0.15, -0.1) is 16.4 Å². The van der Waals surface area contributed by atoms with E-state index in [-0.39, 0.29) is 11.8 Å². The maximum atomic E-state index is 12.8. The average Bonchev–Trinajstić information content (AvgIpc) is 3.36. The zero-order valence-electron chi connectivity index (χ0n) is 19.0. The second-order valence-corrected chi connectivity index (χ2v) is 9.16. The number of carbonyl (C=O) groups is 1. The molecule has 4 rings (SSSR count). The van der Waals surface area contributed by atoms with Crippen LogP contribution in [0.3, 0.4) is 0 Å². The Morgan fingerprint density at radius 3 is 2.53 bits per heavy atom. The first kappa shape index (κ1) is 21.9. The number of aryl methyl sites for hydroxylation is 3. The average molecular weight is 446 g/mol. The zero-order valence-corrected chi connectivity index (χ0v) is 19.8. The molecule has 4 aromatic rings. The van der Waals surface area contributed by atoms with E-state index < -0.39 is 0 Å². The van der Waals surface area contributed by atoms with Gasteiger partial charge in [0.25, 0.3) is 5.91 Å². The summed E-state index contributed by atoms with van der Waals surface area (Å²) >= 11 is 1.36. The highest BCUT2D eigenvalue weighted by atomic mass is 32.1. The molecule has 0 aliphatic carbocycles. The molecule has 1 amide bonds. The minimum atomic E-state index is -0.103. The van der Waals surface area contributed by atoms with Crippen LogP contribution in [-0.2, 0) is 0 Å². The first-order valence-corrected chi connectivity index (χ1v) is 11.5. The largest absolute Gasteiger partial charge is 0.351 e. The Bertz CT molecular complexity index is 1260. The molecule has 0 aliphatic heterocycles. The van der Waals surface area contributed by atoms with Gasteiger partial charge in [0.05, 0.1) is 17.1 Å². The summed E-state index contributed by atoms with van der Waals surface area (Å²) in [6, 6.07) is 16.4. The molecule has 0 spiro atoms. The fraction of sp³-hybridized carbons (Fsp3) is 0.280. The maximum absolute atomic E-state index is 12.8. The minimum Gasteiger partial charge on any atom is -0.351 e. The summed E-state index contributed by atoms with van der Waals surface area (Å²) in [4.78, 5) is 18.1. The molecule has 2 aromatic heterocycles. The van der Waals surface area contributed by atoms with Crippen molar-refractivity contribution in [3.8, 4) is 16.4 Å². The first-order chi connectivity index (χ1) is 15.3. The van der Waals surface area contributed by atoms with Gasteiger partial charge in [0, 0.05) is 6.54 Å². The summed E-state index contributed by atoms with van der Waals surface area (Å²) in [5.74, 6) is 0.126. The molecule has 0 fully saturated rings. The van der Waals surface area contributed by atoms with Crippen molar-refractivity contribution in [3.63, 3.8) is 0 Å². The van der Waals surface area contributed by atoms with Crippen molar-refractivity contribution < 1.29 is 4.79 Å². The summed E-state index contributed by atoms with van der Waals surface area (Å²) < 4.78 is 1.82. The minimum absolute atomic E-state index is 0.103. The number of hydrogen-bond donors (Lipinski definition) is 1. The molecule has 32 heavy (non-hydrogen) atoms. The highest BCUT2D eigenvalue weighted by Crippen LogP contribution is 2.30. The van der Waals surface area contributed by atoms with E-state index in [1.807, 2.05) is 42.8 Å². The van der Waals surface area contributed by atoms with Crippen LogP contribution in [0.15, 0.2) is 48.5 Å². The molecule has 7 heteroatoms. The van der Waals surface area contributed by atoms with Gasteiger partial charge in [-0.3, -0.25) is 4.79 Å². The standard InChI is InChI=1S/C25H27N5OS/c1-15-11-12-21(13-16(15)2)30-19(5)22(28-29-30)25-27-18(4)23(32-25)24(31)26-14-17(3)20-9-7-6-8-10-20/h6-13,17H,14H2,1-5H3,(H,26,31)/t17-/m1/s1. The predicted molar refractivity (Wildman–Crippen MR) is 129 cm³/mol. The smallest absolute Gasteiger partial charge is 0.263 e. The summed E-state index contributed by atoms with van der Waals surface area (Å²) in [6.07, 6.45) is 0. The topological polar surface area (TPSA) is 72.7 Å². The molecule has 1 N–H and O–H groups in total. The predicted octanol–water partition coefficient (Wildman–Crippen LogP) is 5.16. The molecule has 2 heterocycles. The van der Waals surface area contributed by atoms with Crippen LogP contribution in [0.4, 0.5) is 0 Å². The summed E-state index contributed by atoms with van der Waals surface area (Å²) in [6.45, 7) is 10.7. The van der Waals surface area contributed by atoms with E-state index >= 15 is 0 Å². The van der Waals surface area contributed by atoms with Gasteiger partial charge in [-0.2, -0.15) is 0 Å². The fourth-order valence-corrected chi connectivity index (χ4v) is 4.58. The maximum Gasteiger partial charge on any atom is 0.263 e. The number of hydrogen-bond acceptors (Lipinski definition) is 5. The van der Waals surface area contributed by atoms with Gasteiger partial charge >= 0.3 is 0 Å². The van der Waals surface area contributed by atoms with Crippen molar-refractivity contribution in [2.45, 2.75) is 40.5 Å². The quantitative estimate of drug-likeness (QED) is 0.445. The van der Waals surface area contributed by atoms with E-state index in [2.05, 4.69) is 65.6 Å². The Morgan fingerprint density at radius 1 is 1.06 bits per heavy atom. The molecule has 0 saturated heterocycles. The highest BCUT2D eigenvalue weighted by molar-refractivity contribution is 7.17. The number of aromatic nitrogens is 4. The molecule has 164 valence electrons. The van der Waals surface area contributed by atoms with Crippen LogP contribution in [0.5, 0.6) is 0 Å². The Morgan fingerprint density at radius 2 is 1.81 bits per heavy atom.